The summed E-state index contributed by atoms with van der Waals surface area (Å²) in [5.41, 5.74) is 0.257. The third kappa shape index (κ3) is 6.03. The van der Waals surface area contributed by atoms with E-state index in [0.29, 0.717) is 11.4 Å². The maximum absolute atomic E-state index is 13.3. The monoisotopic (exact) mass is 488 g/mol. The minimum atomic E-state index is -4.05. The van der Waals surface area contributed by atoms with Crippen molar-refractivity contribution in [3.8, 4) is 0 Å². The molecule has 1 heterocycles. The molecule has 3 aromatic rings. The number of hydrogen-bond donors (Lipinski definition) is 1. The minimum absolute atomic E-state index is 0.00933. The van der Waals surface area contributed by atoms with Crippen molar-refractivity contribution in [2.75, 3.05) is 17.5 Å². The summed E-state index contributed by atoms with van der Waals surface area (Å²) in [6.07, 6.45) is 2.93. The van der Waals surface area contributed by atoms with Gasteiger partial charge in [-0.15, -0.1) is 6.58 Å². The van der Waals surface area contributed by atoms with Crippen LogP contribution in [-0.2, 0) is 26.1 Å². The van der Waals surface area contributed by atoms with Crippen molar-refractivity contribution in [2.45, 2.75) is 11.4 Å². The van der Waals surface area contributed by atoms with Crippen LogP contribution in [0.25, 0.3) is 0 Å². The first kappa shape index (κ1) is 24.1. The molecule has 0 fully saturated rings. The molecule has 172 valence electrons. The molecule has 1 N–H and O–H groups in total. The molecule has 0 saturated carbocycles. The highest BCUT2D eigenvalue weighted by atomic mass is 35.5. The van der Waals surface area contributed by atoms with E-state index in [0.717, 1.165) is 10.4 Å². The minimum Gasteiger partial charge on any atom is -0.467 e. The van der Waals surface area contributed by atoms with Crippen molar-refractivity contribution in [1.82, 2.24) is 5.32 Å². The number of furan rings is 1. The lowest BCUT2D eigenvalue weighted by Crippen LogP contribution is -2.31. The number of esters is 1. The van der Waals surface area contributed by atoms with Crippen LogP contribution in [0.4, 0.5) is 5.69 Å². The lowest BCUT2D eigenvalue weighted by molar-refractivity contribution is -0.124. The molecule has 33 heavy (non-hydrogen) atoms. The third-order valence-electron chi connectivity index (χ3n) is 4.46. The highest BCUT2D eigenvalue weighted by Crippen LogP contribution is 2.27. The Morgan fingerprint density at radius 3 is 2.55 bits per heavy atom. The molecule has 2 aromatic carbocycles. The molecule has 8 nitrogen and oxygen atoms in total. The molecule has 0 bridgehead atoms. The number of ether oxygens (including phenoxy) is 1. The van der Waals surface area contributed by atoms with E-state index < -0.39 is 28.5 Å². The molecule has 0 saturated heterocycles. The number of rotatable bonds is 10. The van der Waals surface area contributed by atoms with E-state index in [2.05, 4.69) is 11.9 Å². The first-order valence-electron chi connectivity index (χ1n) is 9.77. The summed E-state index contributed by atoms with van der Waals surface area (Å²) in [6, 6.07) is 15.6. The highest BCUT2D eigenvalue weighted by molar-refractivity contribution is 7.92. The van der Waals surface area contributed by atoms with Gasteiger partial charge in [0.05, 0.1) is 40.5 Å². The van der Waals surface area contributed by atoms with E-state index >= 15 is 0 Å². The van der Waals surface area contributed by atoms with E-state index in [9.17, 15) is 18.0 Å². The SMILES string of the molecule is C=CCN(c1ccccc1)S(=O)(=O)c1ccc(Cl)c(C(=O)OCC(=O)NCc2ccco2)c1. The van der Waals surface area contributed by atoms with Gasteiger partial charge in [-0.05, 0) is 42.5 Å². The molecule has 0 aliphatic heterocycles. The summed E-state index contributed by atoms with van der Waals surface area (Å²) >= 11 is 6.10. The molecule has 0 unspecified atom stereocenters. The molecule has 10 heteroatoms. The number of carbonyl (C=O) groups excluding carboxylic acids is 2. The van der Waals surface area contributed by atoms with Crippen molar-refractivity contribution in [1.29, 1.82) is 0 Å². The van der Waals surface area contributed by atoms with Crippen molar-refractivity contribution >= 4 is 39.2 Å². The van der Waals surface area contributed by atoms with Gasteiger partial charge < -0.3 is 14.5 Å². The highest BCUT2D eigenvalue weighted by Gasteiger charge is 2.26. The molecular formula is C23H21ClN2O6S. The molecule has 3 rings (SSSR count). The van der Waals surface area contributed by atoms with Gasteiger partial charge in [-0.25, -0.2) is 13.2 Å². The predicted molar refractivity (Wildman–Crippen MR) is 123 cm³/mol. The Hall–Kier alpha value is -3.56. The van der Waals surface area contributed by atoms with Gasteiger partial charge in [-0.3, -0.25) is 9.10 Å². The van der Waals surface area contributed by atoms with E-state index in [-0.39, 0.29) is 28.6 Å². The molecule has 0 radical (unpaired) electrons. The van der Waals surface area contributed by atoms with E-state index in [1.54, 1.807) is 42.5 Å². The number of anilines is 1. The largest absolute Gasteiger partial charge is 0.467 e. The third-order valence-corrected chi connectivity index (χ3v) is 6.58. The molecule has 1 aromatic heterocycles. The predicted octanol–water partition coefficient (Wildman–Crippen LogP) is 3.79. The summed E-state index contributed by atoms with van der Waals surface area (Å²) in [4.78, 5) is 24.3. The summed E-state index contributed by atoms with van der Waals surface area (Å²) in [5.74, 6) is -0.945. The second-order valence-corrected chi connectivity index (χ2v) is 9.00. The number of nitrogens with zero attached hydrogens (tertiary/aromatic N) is 1. The second-order valence-electron chi connectivity index (χ2n) is 6.73. The fourth-order valence-electron chi connectivity index (χ4n) is 2.86. The Balaban J connectivity index is 1.75. The second kappa shape index (κ2) is 10.8. The summed E-state index contributed by atoms with van der Waals surface area (Å²) < 4.78 is 37.8. The Bertz CT molecular complexity index is 1230. The zero-order chi connectivity index (χ0) is 23.8. The lowest BCUT2D eigenvalue weighted by Gasteiger charge is -2.23. The van der Waals surface area contributed by atoms with Crippen LogP contribution in [0.5, 0.6) is 0 Å². The maximum Gasteiger partial charge on any atom is 0.340 e. The van der Waals surface area contributed by atoms with Crippen LogP contribution in [0.2, 0.25) is 5.02 Å². The fourth-order valence-corrected chi connectivity index (χ4v) is 4.52. The zero-order valence-corrected chi connectivity index (χ0v) is 19.0. The molecule has 0 aliphatic carbocycles. The average molecular weight is 489 g/mol. The van der Waals surface area contributed by atoms with Gasteiger partial charge in [0.25, 0.3) is 15.9 Å². The number of hydrogen-bond acceptors (Lipinski definition) is 6. The number of halogens is 1. The first-order chi connectivity index (χ1) is 15.8. The average Bonchev–Trinajstić information content (AvgIpc) is 3.34. The summed E-state index contributed by atoms with van der Waals surface area (Å²) in [6.45, 7) is 3.20. The Morgan fingerprint density at radius 2 is 1.88 bits per heavy atom. The van der Waals surface area contributed by atoms with E-state index in [4.69, 9.17) is 20.8 Å². The Labute approximate surface area is 196 Å². The lowest BCUT2D eigenvalue weighted by atomic mass is 10.2. The standard InChI is InChI=1S/C23H21ClN2O6S/c1-2-12-26(17-7-4-3-5-8-17)33(29,30)19-10-11-21(24)20(14-19)23(28)32-16-22(27)25-15-18-9-6-13-31-18/h2-11,13-14H,1,12,15-16H2,(H,25,27). The van der Waals surface area contributed by atoms with Crippen molar-refractivity contribution in [3.05, 3.63) is 95.9 Å². The number of benzene rings is 2. The quantitative estimate of drug-likeness (QED) is 0.344. The van der Waals surface area contributed by atoms with E-state index in [1.165, 1.54) is 24.5 Å². The summed E-state index contributed by atoms with van der Waals surface area (Å²) in [7, 11) is -4.05. The molecule has 0 spiro atoms. The van der Waals surface area contributed by atoms with Crippen LogP contribution in [0.1, 0.15) is 16.1 Å². The molecule has 0 atom stereocenters. The molecule has 0 aliphatic rings. The first-order valence-corrected chi connectivity index (χ1v) is 11.6. The van der Waals surface area contributed by atoms with Crippen LogP contribution >= 0.6 is 11.6 Å². The van der Waals surface area contributed by atoms with Gasteiger partial charge in [0.15, 0.2) is 6.61 Å². The fraction of sp³-hybridized carbons (Fsp3) is 0.130. The maximum atomic E-state index is 13.3. The van der Waals surface area contributed by atoms with Crippen molar-refractivity contribution in [2.24, 2.45) is 0 Å². The Morgan fingerprint density at radius 1 is 1.12 bits per heavy atom. The van der Waals surface area contributed by atoms with Gasteiger partial charge in [-0.1, -0.05) is 35.9 Å². The zero-order valence-electron chi connectivity index (χ0n) is 17.4. The van der Waals surface area contributed by atoms with Crippen molar-refractivity contribution in [3.63, 3.8) is 0 Å². The van der Waals surface area contributed by atoms with Crippen molar-refractivity contribution < 1.29 is 27.2 Å². The Kier molecular flexibility index (Phi) is 7.92. The van der Waals surface area contributed by atoms with Gasteiger partial charge >= 0.3 is 5.97 Å². The van der Waals surface area contributed by atoms with Crippen LogP contribution in [0.3, 0.4) is 0 Å². The van der Waals surface area contributed by atoms with Crippen LogP contribution in [0, 0.1) is 0 Å². The molecular weight excluding hydrogens is 468 g/mol. The number of para-hydroxylation sites is 1. The molecule has 1 amide bonds. The number of amides is 1. The van der Waals surface area contributed by atoms with Crippen LogP contribution in [-0.4, -0.2) is 33.4 Å². The van der Waals surface area contributed by atoms with Gasteiger partial charge in [0.2, 0.25) is 0 Å². The summed E-state index contributed by atoms with van der Waals surface area (Å²) in [5, 5.41) is 2.53. The topological polar surface area (TPSA) is 106 Å². The van der Waals surface area contributed by atoms with Gasteiger partial charge in [0.1, 0.15) is 5.76 Å². The van der Waals surface area contributed by atoms with Crippen LogP contribution in [0.15, 0.2) is 88.9 Å². The number of sulfonamides is 1. The normalized spacial score (nSPS) is 10.9. The van der Waals surface area contributed by atoms with Gasteiger partial charge in [0, 0.05) is 0 Å². The number of nitrogens with one attached hydrogen (secondary N) is 1. The van der Waals surface area contributed by atoms with E-state index in [1.807, 2.05) is 0 Å². The van der Waals surface area contributed by atoms with Crippen LogP contribution < -0.4 is 9.62 Å². The van der Waals surface area contributed by atoms with Gasteiger partial charge in [-0.2, -0.15) is 0 Å². The number of carbonyl (C=O) groups is 2. The smallest absolute Gasteiger partial charge is 0.340 e.